The number of hydrogen-bond donors (Lipinski definition) is 1. The van der Waals surface area contributed by atoms with Gasteiger partial charge < -0.3 is 4.42 Å². The molecule has 0 aliphatic heterocycles. The Hall–Kier alpha value is -1.84. The first-order valence-corrected chi connectivity index (χ1v) is 7.38. The Bertz CT molecular complexity index is 662. The van der Waals surface area contributed by atoms with Gasteiger partial charge in [-0.3, -0.25) is 9.78 Å². The molecule has 0 radical (unpaired) electrons. The quantitative estimate of drug-likeness (QED) is 0.864. The van der Waals surface area contributed by atoms with Crippen molar-refractivity contribution in [3.05, 3.63) is 34.3 Å². The molecule has 2 aromatic rings. The zero-order chi connectivity index (χ0) is 13.9. The van der Waals surface area contributed by atoms with Crippen LogP contribution in [0, 0.1) is 5.92 Å². The van der Waals surface area contributed by atoms with E-state index in [0.29, 0.717) is 29.0 Å². The van der Waals surface area contributed by atoms with Gasteiger partial charge in [-0.2, -0.15) is 0 Å². The van der Waals surface area contributed by atoms with E-state index in [4.69, 9.17) is 4.42 Å². The van der Waals surface area contributed by atoms with Gasteiger partial charge in [0.25, 0.3) is 0 Å². The Labute approximate surface area is 117 Å². The van der Waals surface area contributed by atoms with Gasteiger partial charge in [-0.05, 0) is 30.5 Å². The third-order valence-corrected chi connectivity index (χ3v) is 4.25. The molecule has 3 rings (SSSR count). The highest BCUT2D eigenvalue weighted by molar-refractivity contribution is 5.98. The second-order valence-electron chi connectivity index (χ2n) is 5.69. The highest BCUT2D eigenvalue weighted by atomic mass is 16.4. The van der Waals surface area contributed by atoms with Crippen LogP contribution in [0.1, 0.15) is 55.3 Å². The van der Waals surface area contributed by atoms with Gasteiger partial charge in [-0.25, -0.2) is 4.79 Å². The maximum absolute atomic E-state index is 12.2. The summed E-state index contributed by atoms with van der Waals surface area (Å²) in [6, 6.07) is 5.15. The number of fused-ring (bicyclic) bond motifs is 1. The van der Waals surface area contributed by atoms with Crippen molar-refractivity contribution in [3.8, 4) is 0 Å². The highest BCUT2D eigenvalue weighted by Crippen LogP contribution is 2.28. The predicted octanol–water partition coefficient (Wildman–Crippen LogP) is 3.66. The van der Waals surface area contributed by atoms with Crippen LogP contribution >= 0.6 is 0 Å². The molecule has 0 atom stereocenters. The summed E-state index contributed by atoms with van der Waals surface area (Å²) in [4.78, 5) is 25.9. The van der Waals surface area contributed by atoms with Gasteiger partial charge >= 0.3 is 5.76 Å². The van der Waals surface area contributed by atoms with Crippen LogP contribution in [-0.4, -0.2) is 10.8 Å². The number of rotatable bonds is 4. The molecule has 1 saturated carbocycles. The monoisotopic (exact) mass is 273 g/mol. The average molecular weight is 273 g/mol. The van der Waals surface area contributed by atoms with E-state index in [1.54, 1.807) is 18.2 Å². The van der Waals surface area contributed by atoms with E-state index >= 15 is 0 Å². The van der Waals surface area contributed by atoms with E-state index in [1.165, 1.54) is 32.1 Å². The van der Waals surface area contributed by atoms with Gasteiger partial charge in [-0.1, -0.05) is 32.1 Å². The molecule has 0 saturated heterocycles. The summed E-state index contributed by atoms with van der Waals surface area (Å²) in [5.41, 5.74) is 1.73. The number of hydrogen-bond acceptors (Lipinski definition) is 3. The van der Waals surface area contributed by atoms with E-state index in [2.05, 4.69) is 4.98 Å². The van der Waals surface area contributed by atoms with Crippen molar-refractivity contribution in [2.75, 3.05) is 0 Å². The summed E-state index contributed by atoms with van der Waals surface area (Å²) in [6.07, 6.45) is 8.04. The molecule has 1 N–H and O–H groups in total. The van der Waals surface area contributed by atoms with Crippen molar-refractivity contribution in [1.29, 1.82) is 0 Å². The molecule has 20 heavy (non-hydrogen) atoms. The Morgan fingerprint density at radius 2 is 2.05 bits per heavy atom. The number of carbonyl (C=O) groups excluding carboxylic acids is 1. The van der Waals surface area contributed by atoms with Crippen LogP contribution < -0.4 is 5.76 Å². The summed E-state index contributed by atoms with van der Waals surface area (Å²) in [5, 5.41) is 0. The molecule has 1 fully saturated rings. The van der Waals surface area contributed by atoms with Gasteiger partial charge in [-0.15, -0.1) is 0 Å². The third kappa shape index (κ3) is 2.84. The van der Waals surface area contributed by atoms with E-state index in [9.17, 15) is 9.59 Å². The molecule has 1 aromatic heterocycles. The second kappa shape index (κ2) is 5.65. The third-order valence-electron chi connectivity index (χ3n) is 4.25. The first-order valence-electron chi connectivity index (χ1n) is 7.38. The zero-order valence-corrected chi connectivity index (χ0v) is 11.5. The Morgan fingerprint density at radius 1 is 1.25 bits per heavy atom. The SMILES string of the molecule is O=C(CCC1CCCCC1)c1ccc2[nH]c(=O)oc2c1. The van der Waals surface area contributed by atoms with Crippen molar-refractivity contribution < 1.29 is 9.21 Å². The fourth-order valence-corrected chi connectivity index (χ4v) is 3.07. The summed E-state index contributed by atoms with van der Waals surface area (Å²) in [6.45, 7) is 0. The van der Waals surface area contributed by atoms with Crippen molar-refractivity contribution >= 4 is 16.9 Å². The number of aromatic amines is 1. The lowest BCUT2D eigenvalue weighted by molar-refractivity contribution is 0.0970. The average Bonchev–Trinajstić information content (AvgIpc) is 2.85. The number of carbonyl (C=O) groups is 1. The van der Waals surface area contributed by atoms with Gasteiger partial charge in [0.15, 0.2) is 11.4 Å². The van der Waals surface area contributed by atoms with Gasteiger partial charge in [0.2, 0.25) is 0 Å². The lowest BCUT2D eigenvalue weighted by Crippen LogP contribution is -2.09. The van der Waals surface area contributed by atoms with Crippen LogP contribution in [0.4, 0.5) is 0 Å². The topological polar surface area (TPSA) is 63.1 Å². The van der Waals surface area contributed by atoms with Crippen LogP contribution in [0.2, 0.25) is 0 Å². The standard InChI is InChI=1S/C16H19NO3/c18-14(9-6-11-4-2-1-3-5-11)12-7-8-13-15(10-12)20-16(19)17-13/h7-8,10-11H,1-6,9H2,(H,17,19). The number of oxazole rings is 1. The fourth-order valence-electron chi connectivity index (χ4n) is 3.07. The maximum atomic E-state index is 12.2. The zero-order valence-electron chi connectivity index (χ0n) is 11.5. The molecule has 1 heterocycles. The molecule has 106 valence electrons. The van der Waals surface area contributed by atoms with E-state index in [-0.39, 0.29) is 5.78 Å². The number of ketones is 1. The van der Waals surface area contributed by atoms with Crippen molar-refractivity contribution in [2.24, 2.45) is 5.92 Å². The first-order chi connectivity index (χ1) is 9.72. The molecule has 0 bridgehead atoms. The van der Waals surface area contributed by atoms with Gasteiger partial charge in [0.1, 0.15) is 0 Å². The molecule has 4 nitrogen and oxygen atoms in total. The molecular formula is C16H19NO3. The predicted molar refractivity (Wildman–Crippen MR) is 77.0 cm³/mol. The molecule has 0 amide bonds. The van der Waals surface area contributed by atoms with Crippen LogP contribution in [0.15, 0.2) is 27.4 Å². The Morgan fingerprint density at radius 3 is 2.85 bits per heavy atom. The van der Waals surface area contributed by atoms with Crippen LogP contribution in [0.25, 0.3) is 11.1 Å². The van der Waals surface area contributed by atoms with Gasteiger partial charge in [0, 0.05) is 12.0 Å². The van der Waals surface area contributed by atoms with Crippen molar-refractivity contribution in [3.63, 3.8) is 0 Å². The van der Waals surface area contributed by atoms with E-state index in [0.717, 1.165) is 6.42 Å². The number of benzene rings is 1. The summed E-state index contributed by atoms with van der Waals surface area (Å²) < 4.78 is 4.99. The van der Waals surface area contributed by atoms with Crippen molar-refractivity contribution in [2.45, 2.75) is 44.9 Å². The largest absolute Gasteiger partial charge is 0.417 e. The maximum Gasteiger partial charge on any atom is 0.417 e. The highest BCUT2D eigenvalue weighted by Gasteiger charge is 2.16. The van der Waals surface area contributed by atoms with Crippen molar-refractivity contribution in [1.82, 2.24) is 4.98 Å². The normalized spacial score (nSPS) is 16.6. The second-order valence-corrected chi connectivity index (χ2v) is 5.69. The lowest BCUT2D eigenvalue weighted by atomic mass is 9.85. The minimum Gasteiger partial charge on any atom is -0.408 e. The molecule has 1 aliphatic rings. The van der Waals surface area contributed by atoms with Crippen LogP contribution in [0.5, 0.6) is 0 Å². The first kappa shape index (κ1) is 13.2. The minimum atomic E-state index is -0.480. The Balaban J connectivity index is 1.66. The molecule has 1 aliphatic carbocycles. The fraction of sp³-hybridized carbons (Fsp3) is 0.500. The van der Waals surface area contributed by atoms with E-state index < -0.39 is 5.76 Å². The summed E-state index contributed by atoms with van der Waals surface area (Å²) in [7, 11) is 0. The smallest absolute Gasteiger partial charge is 0.408 e. The van der Waals surface area contributed by atoms with Crippen LogP contribution in [-0.2, 0) is 0 Å². The molecule has 0 spiro atoms. The molecule has 0 unspecified atom stereocenters. The molecule has 4 heteroatoms. The lowest BCUT2D eigenvalue weighted by Gasteiger charge is -2.20. The number of aromatic nitrogens is 1. The minimum absolute atomic E-state index is 0.140. The molecular weight excluding hydrogens is 254 g/mol. The van der Waals surface area contributed by atoms with E-state index in [1.807, 2.05) is 0 Å². The number of Topliss-reactive ketones (excluding diaryl/α,β-unsaturated/α-hetero) is 1. The summed E-state index contributed by atoms with van der Waals surface area (Å²) >= 11 is 0. The molecule has 1 aromatic carbocycles. The number of H-pyrrole nitrogens is 1. The van der Waals surface area contributed by atoms with Gasteiger partial charge in [0.05, 0.1) is 5.52 Å². The van der Waals surface area contributed by atoms with Crippen LogP contribution in [0.3, 0.4) is 0 Å². The number of nitrogens with one attached hydrogen (secondary N) is 1. The summed E-state index contributed by atoms with van der Waals surface area (Å²) in [5.74, 6) is 0.370. The Kier molecular flexibility index (Phi) is 3.72.